The summed E-state index contributed by atoms with van der Waals surface area (Å²) >= 11 is 0. The Labute approximate surface area is 106 Å². The molecule has 1 aliphatic rings. The molecule has 1 aromatic carbocycles. The van der Waals surface area contributed by atoms with Crippen LogP contribution in [0.15, 0.2) is 24.3 Å². The van der Waals surface area contributed by atoms with Gasteiger partial charge in [-0.05, 0) is 42.3 Å². The molecule has 0 aliphatic heterocycles. The number of nitrogens with one attached hydrogen (secondary N) is 1. The molecule has 2 rings (SSSR count). The van der Waals surface area contributed by atoms with Crippen molar-refractivity contribution in [2.75, 3.05) is 6.54 Å². The molecular formula is C16H25N. The van der Waals surface area contributed by atoms with Crippen molar-refractivity contribution in [3.63, 3.8) is 0 Å². The third-order valence-corrected chi connectivity index (χ3v) is 3.92. The zero-order valence-electron chi connectivity index (χ0n) is 11.2. The van der Waals surface area contributed by atoms with E-state index in [1.807, 2.05) is 0 Å². The van der Waals surface area contributed by atoms with Gasteiger partial charge in [0.15, 0.2) is 0 Å². The highest BCUT2D eigenvalue weighted by atomic mass is 14.9. The maximum Gasteiger partial charge on any atom is 0.0205 e. The first-order chi connectivity index (χ1) is 8.33. The number of hydrogen-bond acceptors (Lipinski definition) is 1. The van der Waals surface area contributed by atoms with Crippen molar-refractivity contribution in [2.24, 2.45) is 5.92 Å². The van der Waals surface area contributed by atoms with E-state index in [-0.39, 0.29) is 0 Å². The maximum absolute atomic E-state index is 3.59. The smallest absolute Gasteiger partial charge is 0.0205 e. The fourth-order valence-electron chi connectivity index (χ4n) is 2.37. The molecular weight excluding hydrogens is 206 g/mol. The monoisotopic (exact) mass is 231 g/mol. The lowest BCUT2D eigenvalue weighted by molar-refractivity contribution is 0.449. The quantitative estimate of drug-likeness (QED) is 0.745. The minimum Gasteiger partial charge on any atom is -0.312 e. The molecule has 1 heteroatoms. The van der Waals surface area contributed by atoms with Crippen molar-refractivity contribution in [3.05, 3.63) is 35.4 Å². The van der Waals surface area contributed by atoms with Crippen LogP contribution in [0.5, 0.6) is 0 Å². The van der Waals surface area contributed by atoms with Crippen LogP contribution in [0.25, 0.3) is 0 Å². The molecule has 0 spiro atoms. The van der Waals surface area contributed by atoms with Gasteiger partial charge >= 0.3 is 0 Å². The van der Waals surface area contributed by atoms with E-state index < -0.39 is 0 Å². The molecule has 17 heavy (non-hydrogen) atoms. The van der Waals surface area contributed by atoms with E-state index in [9.17, 15) is 0 Å². The van der Waals surface area contributed by atoms with Gasteiger partial charge in [0.05, 0.1) is 0 Å². The average molecular weight is 231 g/mol. The van der Waals surface area contributed by atoms with E-state index in [1.54, 1.807) is 5.56 Å². The third-order valence-electron chi connectivity index (χ3n) is 3.92. The Hall–Kier alpha value is -0.820. The molecule has 1 fully saturated rings. The second-order valence-corrected chi connectivity index (χ2v) is 5.33. The predicted molar refractivity (Wildman–Crippen MR) is 74.2 cm³/mol. The molecule has 0 saturated heterocycles. The Morgan fingerprint density at radius 2 is 2.00 bits per heavy atom. The maximum atomic E-state index is 3.59. The molecule has 0 amide bonds. The van der Waals surface area contributed by atoms with E-state index in [1.165, 1.54) is 31.2 Å². The Kier molecular flexibility index (Phi) is 4.61. The Morgan fingerprint density at radius 3 is 2.65 bits per heavy atom. The molecule has 0 unspecified atom stereocenters. The van der Waals surface area contributed by atoms with Gasteiger partial charge < -0.3 is 5.32 Å². The summed E-state index contributed by atoms with van der Waals surface area (Å²) in [5.41, 5.74) is 2.99. The van der Waals surface area contributed by atoms with Crippen molar-refractivity contribution in [1.29, 1.82) is 0 Å². The molecule has 0 atom stereocenters. The molecule has 94 valence electrons. The van der Waals surface area contributed by atoms with Crippen LogP contribution in [0.4, 0.5) is 0 Å². The normalized spacial score (nSPS) is 15.5. The van der Waals surface area contributed by atoms with E-state index in [0.717, 1.165) is 24.9 Å². The lowest BCUT2D eigenvalue weighted by Gasteiger charge is -2.13. The topological polar surface area (TPSA) is 12.0 Å². The van der Waals surface area contributed by atoms with E-state index >= 15 is 0 Å². The molecule has 0 bridgehead atoms. The molecule has 1 aliphatic carbocycles. The summed E-state index contributed by atoms with van der Waals surface area (Å²) < 4.78 is 0. The molecule has 1 aromatic rings. The average Bonchev–Trinajstić information content (AvgIpc) is 3.19. The minimum absolute atomic E-state index is 0.835. The van der Waals surface area contributed by atoms with Gasteiger partial charge in [-0.2, -0.15) is 0 Å². The van der Waals surface area contributed by atoms with Crippen molar-refractivity contribution in [2.45, 2.75) is 52.0 Å². The molecule has 0 aromatic heterocycles. The van der Waals surface area contributed by atoms with Crippen LogP contribution in [0.2, 0.25) is 0 Å². The SMILES string of the molecule is CCC(CC)CNCc1cccc(C2CC2)c1. The summed E-state index contributed by atoms with van der Waals surface area (Å²) in [6.45, 7) is 6.74. The van der Waals surface area contributed by atoms with Gasteiger partial charge in [0.2, 0.25) is 0 Å². The molecule has 1 nitrogen and oxygen atoms in total. The van der Waals surface area contributed by atoms with Gasteiger partial charge in [-0.3, -0.25) is 0 Å². The lowest BCUT2D eigenvalue weighted by Crippen LogP contribution is -2.21. The summed E-state index contributed by atoms with van der Waals surface area (Å²) in [7, 11) is 0. The Balaban J connectivity index is 1.80. The van der Waals surface area contributed by atoms with Crippen molar-refractivity contribution in [3.8, 4) is 0 Å². The number of rotatable bonds is 7. The molecule has 0 heterocycles. The van der Waals surface area contributed by atoms with Crippen LogP contribution < -0.4 is 5.32 Å². The van der Waals surface area contributed by atoms with Crippen LogP contribution >= 0.6 is 0 Å². The minimum atomic E-state index is 0.835. The molecule has 1 saturated carbocycles. The highest BCUT2D eigenvalue weighted by molar-refractivity contribution is 5.29. The summed E-state index contributed by atoms with van der Waals surface area (Å²) in [4.78, 5) is 0. The number of benzene rings is 1. The zero-order chi connectivity index (χ0) is 12.1. The van der Waals surface area contributed by atoms with Crippen LogP contribution in [0.3, 0.4) is 0 Å². The predicted octanol–water partition coefficient (Wildman–Crippen LogP) is 4.09. The summed E-state index contributed by atoms with van der Waals surface area (Å²) in [5.74, 6) is 1.70. The van der Waals surface area contributed by atoms with Gasteiger partial charge in [0, 0.05) is 6.54 Å². The number of hydrogen-bond donors (Lipinski definition) is 1. The van der Waals surface area contributed by atoms with E-state index in [0.29, 0.717) is 0 Å². The highest BCUT2D eigenvalue weighted by Crippen LogP contribution is 2.40. The first-order valence-electron chi connectivity index (χ1n) is 7.13. The zero-order valence-corrected chi connectivity index (χ0v) is 11.2. The summed E-state index contributed by atoms with van der Waals surface area (Å²) in [5, 5.41) is 3.59. The highest BCUT2D eigenvalue weighted by Gasteiger charge is 2.23. The fraction of sp³-hybridized carbons (Fsp3) is 0.625. The van der Waals surface area contributed by atoms with Crippen molar-refractivity contribution >= 4 is 0 Å². The summed E-state index contributed by atoms with van der Waals surface area (Å²) in [6, 6.07) is 9.12. The largest absolute Gasteiger partial charge is 0.312 e. The lowest BCUT2D eigenvalue weighted by atomic mass is 10.0. The first-order valence-corrected chi connectivity index (χ1v) is 7.13. The Bertz CT molecular complexity index is 337. The van der Waals surface area contributed by atoms with Gasteiger partial charge in [-0.15, -0.1) is 0 Å². The standard InChI is InChI=1S/C16H25N/c1-3-13(4-2)11-17-12-14-6-5-7-16(10-14)15-8-9-15/h5-7,10,13,15,17H,3-4,8-9,11-12H2,1-2H3. The van der Waals surface area contributed by atoms with Crippen LogP contribution in [0.1, 0.15) is 56.6 Å². The molecule has 1 N–H and O–H groups in total. The van der Waals surface area contributed by atoms with Crippen LogP contribution in [0, 0.1) is 5.92 Å². The van der Waals surface area contributed by atoms with Gasteiger partial charge in [-0.1, -0.05) is 51.0 Å². The van der Waals surface area contributed by atoms with Crippen LogP contribution in [-0.4, -0.2) is 6.54 Å². The van der Waals surface area contributed by atoms with Gasteiger partial charge in [-0.25, -0.2) is 0 Å². The second-order valence-electron chi connectivity index (χ2n) is 5.33. The van der Waals surface area contributed by atoms with Gasteiger partial charge in [0.1, 0.15) is 0 Å². The van der Waals surface area contributed by atoms with E-state index in [4.69, 9.17) is 0 Å². The van der Waals surface area contributed by atoms with Crippen molar-refractivity contribution in [1.82, 2.24) is 5.32 Å². The second kappa shape index (κ2) is 6.20. The van der Waals surface area contributed by atoms with E-state index in [2.05, 4.69) is 43.4 Å². The van der Waals surface area contributed by atoms with Crippen LogP contribution in [-0.2, 0) is 6.54 Å². The van der Waals surface area contributed by atoms with Crippen molar-refractivity contribution < 1.29 is 0 Å². The Morgan fingerprint density at radius 1 is 1.24 bits per heavy atom. The van der Waals surface area contributed by atoms with Gasteiger partial charge in [0.25, 0.3) is 0 Å². The molecule has 0 radical (unpaired) electrons. The fourth-order valence-corrected chi connectivity index (χ4v) is 2.37. The summed E-state index contributed by atoms with van der Waals surface area (Å²) in [6.07, 6.45) is 5.35. The first kappa shape index (κ1) is 12.6. The third kappa shape index (κ3) is 3.85.